The van der Waals surface area contributed by atoms with E-state index in [0.717, 1.165) is 11.1 Å². The molecule has 0 bridgehead atoms. The van der Waals surface area contributed by atoms with Crippen LogP contribution >= 0.6 is 0 Å². The number of aromatic nitrogens is 2. The zero-order valence-corrected chi connectivity index (χ0v) is 13.1. The molecule has 2 aromatic rings. The molecular weight excluding hydrogens is 297 g/mol. The summed E-state index contributed by atoms with van der Waals surface area (Å²) in [5.74, 6) is -1.47. The van der Waals surface area contributed by atoms with Crippen LogP contribution in [0.1, 0.15) is 35.3 Å². The van der Waals surface area contributed by atoms with Gasteiger partial charge in [-0.3, -0.25) is 14.3 Å². The fraction of sp³-hybridized carbons (Fsp3) is 0.353. The first-order valence-electron chi connectivity index (χ1n) is 7.64. The molecule has 0 radical (unpaired) electrons. The number of carbonyl (C=O) groups is 2. The lowest BCUT2D eigenvalue weighted by molar-refractivity contribution is -0.129. The smallest absolute Gasteiger partial charge is 0.295 e. The molecule has 1 aromatic heterocycles. The Labute approximate surface area is 133 Å². The second kappa shape index (κ2) is 5.95. The van der Waals surface area contributed by atoms with E-state index in [-0.39, 0.29) is 24.0 Å². The van der Waals surface area contributed by atoms with Gasteiger partial charge >= 0.3 is 0 Å². The van der Waals surface area contributed by atoms with Crippen molar-refractivity contribution in [3.05, 3.63) is 53.1 Å². The van der Waals surface area contributed by atoms with Crippen LogP contribution < -0.4 is 0 Å². The number of rotatable bonds is 3. The van der Waals surface area contributed by atoms with Crippen molar-refractivity contribution in [2.75, 3.05) is 0 Å². The molecule has 0 unspecified atom stereocenters. The third kappa shape index (κ3) is 2.88. The van der Waals surface area contributed by atoms with E-state index < -0.39 is 11.7 Å². The molecule has 2 heterocycles. The zero-order chi connectivity index (χ0) is 16.6. The highest BCUT2D eigenvalue weighted by molar-refractivity contribution is 6.42. The number of hydrogen-bond acceptors (Lipinski definition) is 3. The predicted molar refractivity (Wildman–Crippen MR) is 82.3 cm³/mol. The van der Waals surface area contributed by atoms with Gasteiger partial charge in [-0.25, -0.2) is 4.39 Å². The third-order valence-electron chi connectivity index (χ3n) is 4.23. The first-order valence-corrected chi connectivity index (χ1v) is 7.64. The summed E-state index contributed by atoms with van der Waals surface area (Å²) >= 11 is 0. The van der Waals surface area contributed by atoms with Gasteiger partial charge in [0.2, 0.25) is 0 Å². The van der Waals surface area contributed by atoms with Crippen LogP contribution in [0.15, 0.2) is 30.6 Å². The fourth-order valence-corrected chi connectivity index (χ4v) is 2.89. The van der Waals surface area contributed by atoms with Gasteiger partial charge in [0.15, 0.2) is 0 Å². The van der Waals surface area contributed by atoms with Gasteiger partial charge in [-0.2, -0.15) is 5.10 Å². The summed E-state index contributed by atoms with van der Waals surface area (Å²) in [4.78, 5) is 26.4. The first-order chi connectivity index (χ1) is 11.0. The van der Waals surface area contributed by atoms with Crippen molar-refractivity contribution >= 4 is 11.7 Å². The Bertz CT molecular complexity index is 769. The van der Waals surface area contributed by atoms with Crippen molar-refractivity contribution in [1.82, 2.24) is 14.7 Å². The Morgan fingerprint density at radius 3 is 2.83 bits per heavy atom. The largest absolute Gasteiger partial charge is 0.328 e. The summed E-state index contributed by atoms with van der Waals surface area (Å²) < 4.78 is 15.0. The second-order valence-electron chi connectivity index (χ2n) is 5.81. The van der Waals surface area contributed by atoms with E-state index in [1.54, 1.807) is 16.9 Å². The van der Waals surface area contributed by atoms with Crippen molar-refractivity contribution in [3.63, 3.8) is 0 Å². The molecule has 0 fully saturated rings. The van der Waals surface area contributed by atoms with E-state index in [4.69, 9.17) is 0 Å². The van der Waals surface area contributed by atoms with Gasteiger partial charge < -0.3 is 4.90 Å². The molecule has 0 spiro atoms. The highest BCUT2D eigenvalue weighted by Crippen LogP contribution is 2.24. The van der Waals surface area contributed by atoms with Gasteiger partial charge in [0.1, 0.15) is 5.82 Å². The maximum atomic E-state index is 13.4. The Morgan fingerprint density at radius 1 is 1.35 bits per heavy atom. The average molecular weight is 315 g/mol. The number of Topliss-reactive ketones (excluding diaryl/α,β-unsaturated/α-hetero) is 1. The summed E-state index contributed by atoms with van der Waals surface area (Å²) in [6.45, 7) is 4.68. The molecule has 1 aromatic carbocycles. The standard InChI is InChI=1S/C17H18FN3O2/c1-3-20-9-14(8-19-20)16(22)17(23)21-10-13-7-15(18)5-4-12(13)6-11(21)2/h4-5,7-9,11H,3,6,10H2,1-2H3/t11-/m1/s1. The van der Waals surface area contributed by atoms with Gasteiger partial charge in [-0.1, -0.05) is 6.07 Å². The van der Waals surface area contributed by atoms with E-state index in [9.17, 15) is 14.0 Å². The van der Waals surface area contributed by atoms with Crippen LogP contribution in [0.2, 0.25) is 0 Å². The maximum Gasteiger partial charge on any atom is 0.295 e. The number of nitrogens with zero attached hydrogens (tertiary/aromatic N) is 3. The Kier molecular flexibility index (Phi) is 3.98. The van der Waals surface area contributed by atoms with Crippen LogP contribution in [0.25, 0.3) is 0 Å². The fourth-order valence-electron chi connectivity index (χ4n) is 2.89. The molecule has 1 aliphatic rings. The number of benzene rings is 1. The molecule has 1 atom stereocenters. The van der Waals surface area contributed by atoms with E-state index in [1.807, 2.05) is 13.8 Å². The zero-order valence-electron chi connectivity index (χ0n) is 13.1. The van der Waals surface area contributed by atoms with Crippen LogP contribution in [-0.4, -0.2) is 32.4 Å². The summed E-state index contributed by atoms with van der Waals surface area (Å²) in [7, 11) is 0. The highest BCUT2D eigenvalue weighted by Gasteiger charge is 2.31. The molecule has 1 aliphatic heterocycles. The number of ketones is 1. The minimum Gasteiger partial charge on any atom is -0.328 e. The molecule has 0 saturated carbocycles. The van der Waals surface area contributed by atoms with E-state index in [2.05, 4.69) is 5.10 Å². The predicted octanol–water partition coefficient (Wildman–Crippen LogP) is 2.20. The maximum absolute atomic E-state index is 13.4. The summed E-state index contributed by atoms with van der Waals surface area (Å²) in [6.07, 6.45) is 3.59. The highest BCUT2D eigenvalue weighted by atomic mass is 19.1. The Morgan fingerprint density at radius 2 is 2.13 bits per heavy atom. The minimum atomic E-state index is -0.573. The van der Waals surface area contributed by atoms with Gasteiger partial charge in [0, 0.05) is 25.3 Å². The van der Waals surface area contributed by atoms with Gasteiger partial charge in [0.25, 0.3) is 11.7 Å². The molecule has 0 saturated heterocycles. The van der Waals surface area contributed by atoms with Crippen LogP contribution in [-0.2, 0) is 24.3 Å². The molecule has 6 heteroatoms. The van der Waals surface area contributed by atoms with Gasteiger partial charge in [-0.15, -0.1) is 0 Å². The lowest BCUT2D eigenvalue weighted by atomic mass is 9.94. The van der Waals surface area contributed by atoms with E-state index in [0.29, 0.717) is 13.0 Å². The number of hydrogen-bond donors (Lipinski definition) is 0. The molecule has 120 valence electrons. The third-order valence-corrected chi connectivity index (χ3v) is 4.23. The van der Waals surface area contributed by atoms with Crippen molar-refractivity contribution in [2.24, 2.45) is 0 Å². The van der Waals surface area contributed by atoms with Crippen molar-refractivity contribution in [3.8, 4) is 0 Å². The molecule has 1 amide bonds. The molecule has 0 N–H and O–H groups in total. The molecule has 3 rings (SSSR count). The van der Waals surface area contributed by atoms with Crippen molar-refractivity contribution in [2.45, 2.75) is 39.4 Å². The van der Waals surface area contributed by atoms with Crippen LogP contribution in [0, 0.1) is 5.82 Å². The minimum absolute atomic E-state index is 0.106. The lowest BCUT2D eigenvalue weighted by Gasteiger charge is -2.34. The summed E-state index contributed by atoms with van der Waals surface area (Å²) in [6, 6.07) is 4.50. The number of aryl methyl sites for hydroxylation is 1. The SMILES string of the molecule is CCn1cc(C(=O)C(=O)N2Cc3cc(F)ccc3C[C@H]2C)cn1. The normalized spacial score (nSPS) is 17.0. The molecule has 23 heavy (non-hydrogen) atoms. The molecule has 0 aliphatic carbocycles. The number of halogens is 1. The number of carbonyl (C=O) groups excluding carboxylic acids is 2. The van der Waals surface area contributed by atoms with E-state index in [1.165, 1.54) is 23.2 Å². The summed E-state index contributed by atoms with van der Waals surface area (Å²) in [5, 5.41) is 4.03. The topological polar surface area (TPSA) is 55.2 Å². The summed E-state index contributed by atoms with van der Waals surface area (Å²) in [5.41, 5.74) is 2.07. The van der Waals surface area contributed by atoms with Gasteiger partial charge in [-0.05, 0) is 43.5 Å². The Hall–Kier alpha value is -2.50. The number of fused-ring (bicyclic) bond motifs is 1. The van der Waals surface area contributed by atoms with E-state index >= 15 is 0 Å². The molecular formula is C17H18FN3O2. The van der Waals surface area contributed by atoms with Crippen LogP contribution in [0.5, 0.6) is 0 Å². The van der Waals surface area contributed by atoms with Crippen LogP contribution in [0.3, 0.4) is 0 Å². The quantitative estimate of drug-likeness (QED) is 0.644. The first kappa shape index (κ1) is 15.4. The van der Waals surface area contributed by atoms with Crippen molar-refractivity contribution < 1.29 is 14.0 Å². The lowest BCUT2D eigenvalue weighted by Crippen LogP contribution is -2.45. The Balaban J connectivity index is 1.83. The molecule has 5 nitrogen and oxygen atoms in total. The monoisotopic (exact) mass is 315 g/mol. The second-order valence-corrected chi connectivity index (χ2v) is 5.81. The van der Waals surface area contributed by atoms with Gasteiger partial charge in [0.05, 0.1) is 11.8 Å². The average Bonchev–Trinajstić information content (AvgIpc) is 3.02. The number of amides is 1. The van der Waals surface area contributed by atoms with Crippen molar-refractivity contribution in [1.29, 1.82) is 0 Å². The van der Waals surface area contributed by atoms with Crippen LogP contribution in [0.4, 0.5) is 4.39 Å².